The van der Waals surface area contributed by atoms with Gasteiger partial charge in [0.25, 0.3) is 0 Å². The third-order valence-electron chi connectivity index (χ3n) is 5.60. The number of carbonyl (C=O) groups is 2. The van der Waals surface area contributed by atoms with Gasteiger partial charge in [-0.05, 0) is 60.2 Å². The topological polar surface area (TPSA) is 102 Å². The van der Waals surface area contributed by atoms with Crippen LogP contribution in [0.5, 0.6) is 17.2 Å². The molecule has 196 valence electrons. The fourth-order valence-corrected chi connectivity index (χ4v) is 3.53. The van der Waals surface area contributed by atoms with Gasteiger partial charge < -0.3 is 24.4 Å². The lowest BCUT2D eigenvalue weighted by molar-refractivity contribution is 0.0589. The summed E-state index contributed by atoms with van der Waals surface area (Å²) >= 11 is 0. The first-order chi connectivity index (χ1) is 17.5. The van der Waals surface area contributed by atoms with E-state index in [0.717, 1.165) is 34.1 Å². The average Bonchev–Trinajstić information content (AvgIpc) is 2.87. The van der Waals surface area contributed by atoms with Gasteiger partial charge in [-0.2, -0.15) is 0 Å². The van der Waals surface area contributed by atoms with E-state index < -0.39 is 5.97 Å². The van der Waals surface area contributed by atoms with Crippen molar-refractivity contribution < 1.29 is 34.0 Å². The van der Waals surface area contributed by atoms with Crippen molar-refractivity contribution in [1.29, 1.82) is 0 Å². The number of carbonyl (C=O) groups excluding carboxylic acids is 2. The Morgan fingerprint density at radius 2 is 1.46 bits per heavy atom. The normalized spacial score (nSPS) is 10.2. The van der Waals surface area contributed by atoms with Gasteiger partial charge >= 0.3 is 11.9 Å². The summed E-state index contributed by atoms with van der Waals surface area (Å²) in [7, 11) is 2.62. The van der Waals surface area contributed by atoms with Gasteiger partial charge in [0, 0.05) is 11.6 Å². The molecule has 0 fully saturated rings. The molecule has 0 aliphatic carbocycles. The van der Waals surface area contributed by atoms with Crippen LogP contribution in [-0.2, 0) is 16.1 Å². The molecular weight excluding hydrogens is 472 g/mol. The minimum Gasteiger partial charge on any atom is -0.508 e. The molecule has 7 heteroatoms. The van der Waals surface area contributed by atoms with Crippen molar-refractivity contribution in [2.24, 2.45) is 0 Å². The Kier molecular flexibility index (Phi) is 10.3. The van der Waals surface area contributed by atoms with Crippen molar-refractivity contribution >= 4 is 17.5 Å². The molecule has 0 aromatic heterocycles. The average molecular weight is 507 g/mol. The predicted octanol–water partition coefficient (Wildman–Crippen LogP) is 6.40. The van der Waals surface area contributed by atoms with Crippen LogP contribution in [0, 0.1) is 6.92 Å². The fraction of sp³-hybridized carbons (Fsp3) is 0.267. The van der Waals surface area contributed by atoms with E-state index in [1.54, 1.807) is 6.07 Å². The molecule has 0 amide bonds. The van der Waals surface area contributed by atoms with E-state index in [-0.39, 0.29) is 28.9 Å². The lowest BCUT2D eigenvalue weighted by Gasteiger charge is -2.15. The molecule has 3 rings (SSSR count). The first kappa shape index (κ1) is 29.0. The second kappa shape index (κ2) is 13.2. The molecule has 0 saturated heterocycles. The Balaban J connectivity index is 0.000000281. The molecule has 7 nitrogen and oxygen atoms in total. The van der Waals surface area contributed by atoms with E-state index in [4.69, 9.17) is 9.47 Å². The van der Waals surface area contributed by atoms with Crippen LogP contribution >= 0.6 is 0 Å². The molecule has 0 saturated carbocycles. The van der Waals surface area contributed by atoms with Gasteiger partial charge in [0.1, 0.15) is 29.4 Å². The zero-order chi connectivity index (χ0) is 27.7. The van der Waals surface area contributed by atoms with Gasteiger partial charge in [0.05, 0.1) is 19.8 Å². The number of ether oxygens (including phenoxy) is 3. The molecule has 0 aliphatic heterocycles. The highest BCUT2D eigenvalue weighted by atomic mass is 16.5. The largest absolute Gasteiger partial charge is 0.508 e. The third-order valence-corrected chi connectivity index (χ3v) is 5.60. The molecule has 0 unspecified atom stereocenters. The van der Waals surface area contributed by atoms with Crippen LogP contribution in [0.25, 0.3) is 5.57 Å². The number of esters is 2. The van der Waals surface area contributed by atoms with Crippen LogP contribution in [0.3, 0.4) is 0 Å². The summed E-state index contributed by atoms with van der Waals surface area (Å²) in [4.78, 5) is 23.1. The Hall–Kier alpha value is -4.26. The number of benzene rings is 3. The molecule has 0 spiro atoms. The summed E-state index contributed by atoms with van der Waals surface area (Å²) in [6, 6.07) is 16.2. The highest BCUT2D eigenvalue weighted by molar-refractivity contribution is 5.93. The van der Waals surface area contributed by atoms with E-state index in [2.05, 4.69) is 11.3 Å². The summed E-state index contributed by atoms with van der Waals surface area (Å²) in [5, 5.41) is 19.0. The summed E-state index contributed by atoms with van der Waals surface area (Å²) < 4.78 is 15.2. The molecule has 0 heterocycles. The number of aromatic hydroxyl groups is 2. The van der Waals surface area contributed by atoms with Crippen LogP contribution in [0.15, 0.2) is 61.2 Å². The van der Waals surface area contributed by atoms with Crippen molar-refractivity contribution in [3.8, 4) is 17.2 Å². The van der Waals surface area contributed by atoms with Crippen molar-refractivity contribution in [3.05, 3.63) is 94.6 Å². The first-order valence-electron chi connectivity index (χ1n) is 11.7. The maximum Gasteiger partial charge on any atom is 0.341 e. The van der Waals surface area contributed by atoms with Crippen molar-refractivity contribution in [2.75, 3.05) is 14.2 Å². The van der Waals surface area contributed by atoms with Crippen LogP contribution in [0.2, 0.25) is 0 Å². The van der Waals surface area contributed by atoms with Crippen LogP contribution in [-0.4, -0.2) is 36.4 Å². The Morgan fingerprint density at radius 1 is 0.865 bits per heavy atom. The Morgan fingerprint density at radius 3 is 2.00 bits per heavy atom. The number of methoxy groups -OCH3 is 2. The number of rotatable bonds is 7. The number of phenols is 2. The van der Waals surface area contributed by atoms with Gasteiger partial charge in [-0.3, -0.25) is 0 Å². The van der Waals surface area contributed by atoms with Gasteiger partial charge in [-0.15, -0.1) is 0 Å². The number of aryl methyl sites for hydroxylation is 1. The van der Waals surface area contributed by atoms with Crippen LogP contribution in [0.1, 0.15) is 69.7 Å². The maximum atomic E-state index is 11.8. The zero-order valence-corrected chi connectivity index (χ0v) is 22.1. The van der Waals surface area contributed by atoms with Crippen molar-refractivity contribution in [1.82, 2.24) is 0 Å². The number of phenolic OH excluding ortho intramolecular Hbond substituents is 2. The predicted molar refractivity (Wildman–Crippen MR) is 143 cm³/mol. The van der Waals surface area contributed by atoms with Crippen LogP contribution in [0.4, 0.5) is 0 Å². The molecule has 3 aromatic rings. The smallest absolute Gasteiger partial charge is 0.341 e. The van der Waals surface area contributed by atoms with Gasteiger partial charge in [0.2, 0.25) is 0 Å². The van der Waals surface area contributed by atoms with Crippen molar-refractivity contribution in [2.45, 2.75) is 40.2 Å². The maximum absolute atomic E-state index is 11.8. The van der Waals surface area contributed by atoms with E-state index >= 15 is 0 Å². The van der Waals surface area contributed by atoms with E-state index in [9.17, 15) is 19.8 Å². The second-order valence-corrected chi connectivity index (χ2v) is 8.78. The minimum absolute atomic E-state index is 0.0184. The zero-order valence-electron chi connectivity index (χ0n) is 22.1. The highest BCUT2D eigenvalue weighted by Crippen LogP contribution is 2.32. The molecule has 37 heavy (non-hydrogen) atoms. The molecule has 0 atom stereocenters. The lowest BCUT2D eigenvalue weighted by atomic mass is 9.99. The summed E-state index contributed by atoms with van der Waals surface area (Å²) in [5.74, 6) is -0.474. The highest BCUT2D eigenvalue weighted by Gasteiger charge is 2.17. The first-order valence-corrected chi connectivity index (χ1v) is 11.7. The van der Waals surface area contributed by atoms with Gasteiger partial charge in [-0.1, -0.05) is 50.8 Å². The van der Waals surface area contributed by atoms with Gasteiger partial charge in [-0.25, -0.2) is 9.59 Å². The second-order valence-electron chi connectivity index (χ2n) is 8.78. The SMILES string of the molecule is C=C(C)c1cc(C(=O)OC)c(C)cc1OCc1ccccc1.COC(=O)c1cc(C(C)C)c(O)cc1O. The summed E-state index contributed by atoms with van der Waals surface area (Å²) in [5.41, 5.74) is 4.78. The van der Waals surface area contributed by atoms with Crippen molar-refractivity contribution in [3.63, 3.8) is 0 Å². The molecule has 0 bridgehead atoms. The molecule has 0 radical (unpaired) electrons. The monoisotopic (exact) mass is 506 g/mol. The minimum atomic E-state index is -0.616. The Bertz CT molecular complexity index is 1260. The molecular formula is C30H34O7. The van der Waals surface area contributed by atoms with E-state index in [0.29, 0.717) is 17.7 Å². The number of hydrogen-bond acceptors (Lipinski definition) is 7. The number of hydrogen-bond donors (Lipinski definition) is 2. The fourth-order valence-electron chi connectivity index (χ4n) is 3.53. The number of allylic oxidation sites excluding steroid dienone is 1. The molecule has 3 aromatic carbocycles. The van der Waals surface area contributed by atoms with E-state index in [1.165, 1.54) is 20.3 Å². The standard InChI is InChI=1S/C19H20O3.C11H14O4/c1-13(2)16-11-17(19(20)21-4)14(3)10-18(16)22-12-15-8-6-5-7-9-15;1-6(2)7-4-8(11(14)15-3)10(13)5-9(7)12/h5-11H,1,12H2,2-4H3;4-6,12-13H,1-3H3. The molecule has 2 N–H and O–H groups in total. The van der Waals surface area contributed by atoms with Gasteiger partial charge in [0.15, 0.2) is 0 Å². The summed E-state index contributed by atoms with van der Waals surface area (Å²) in [6.07, 6.45) is 0. The quantitative estimate of drug-likeness (QED) is 0.357. The third kappa shape index (κ3) is 7.61. The Labute approximate surface area is 217 Å². The lowest BCUT2D eigenvalue weighted by Crippen LogP contribution is -2.06. The van der Waals surface area contributed by atoms with Crippen LogP contribution < -0.4 is 4.74 Å². The molecule has 0 aliphatic rings. The van der Waals surface area contributed by atoms with E-state index in [1.807, 2.05) is 64.1 Å². The summed E-state index contributed by atoms with van der Waals surface area (Å²) in [6.45, 7) is 12.0.